The second-order valence-corrected chi connectivity index (χ2v) is 4.17. The van der Waals surface area contributed by atoms with Crippen molar-refractivity contribution in [3.63, 3.8) is 0 Å². The van der Waals surface area contributed by atoms with E-state index in [4.69, 9.17) is 4.74 Å². The Morgan fingerprint density at radius 3 is 2.67 bits per heavy atom. The van der Waals surface area contributed by atoms with Gasteiger partial charge in [0, 0.05) is 0 Å². The molecule has 12 heavy (non-hydrogen) atoms. The minimum atomic E-state index is -0.0104. The summed E-state index contributed by atoms with van der Waals surface area (Å²) < 4.78 is 5.19. The van der Waals surface area contributed by atoms with Gasteiger partial charge in [0.25, 0.3) is 0 Å². The number of hydrogen-bond donors (Lipinski definition) is 0. The highest BCUT2D eigenvalue weighted by Crippen LogP contribution is 2.24. The second kappa shape index (κ2) is 3.92. The fourth-order valence-electron chi connectivity index (χ4n) is 1.52. The summed E-state index contributed by atoms with van der Waals surface area (Å²) in [4.78, 5) is 11.0. The van der Waals surface area contributed by atoms with Crippen molar-refractivity contribution >= 4 is 5.97 Å². The summed E-state index contributed by atoms with van der Waals surface area (Å²) in [7, 11) is 0. The predicted molar refractivity (Wildman–Crippen MR) is 47.7 cm³/mol. The third-order valence-electron chi connectivity index (χ3n) is 2.37. The number of esters is 1. The van der Waals surface area contributed by atoms with Gasteiger partial charge in [0.2, 0.25) is 0 Å². The first-order chi connectivity index (χ1) is 5.59. The lowest BCUT2D eigenvalue weighted by Gasteiger charge is -2.09. The Bertz CT molecular complexity index is 163. The molecule has 1 fully saturated rings. The van der Waals surface area contributed by atoms with Crippen LogP contribution in [0.1, 0.15) is 40.0 Å². The molecule has 0 aromatic carbocycles. The zero-order chi connectivity index (χ0) is 9.14. The number of rotatable bonds is 3. The topological polar surface area (TPSA) is 26.3 Å². The van der Waals surface area contributed by atoms with Crippen LogP contribution in [0.2, 0.25) is 0 Å². The van der Waals surface area contributed by atoms with Crippen LogP contribution >= 0.6 is 0 Å². The molecule has 1 saturated heterocycles. The Kier molecular flexibility index (Phi) is 3.12. The van der Waals surface area contributed by atoms with Crippen LogP contribution in [-0.2, 0) is 9.53 Å². The molecule has 1 aliphatic heterocycles. The van der Waals surface area contributed by atoms with Crippen molar-refractivity contribution in [3.8, 4) is 0 Å². The molecule has 1 aliphatic rings. The van der Waals surface area contributed by atoms with Gasteiger partial charge in [-0.05, 0) is 25.2 Å². The number of carbonyl (C=O) groups is 1. The Labute approximate surface area is 74.3 Å². The molecular weight excluding hydrogens is 152 g/mol. The molecule has 0 bridgehead atoms. The van der Waals surface area contributed by atoms with Gasteiger partial charge in [-0.1, -0.05) is 20.8 Å². The number of carbonyl (C=O) groups excluding carboxylic acids is 1. The summed E-state index contributed by atoms with van der Waals surface area (Å²) >= 11 is 0. The molecule has 70 valence electrons. The van der Waals surface area contributed by atoms with E-state index >= 15 is 0 Å². The van der Waals surface area contributed by atoms with Crippen molar-refractivity contribution in [1.29, 1.82) is 0 Å². The quantitative estimate of drug-likeness (QED) is 0.608. The molecule has 0 aromatic rings. The van der Waals surface area contributed by atoms with E-state index in [1.807, 2.05) is 6.92 Å². The smallest absolute Gasteiger partial charge is 0.309 e. The van der Waals surface area contributed by atoms with Crippen molar-refractivity contribution in [3.05, 3.63) is 0 Å². The van der Waals surface area contributed by atoms with Crippen molar-refractivity contribution in [2.75, 3.05) is 0 Å². The van der Waals surface area contributed by atoms with Crippen LogP contribution in [0.3, 0.4) is 0 Å². The average Bonchev–Trinajstić information content (AvgIpc) is 2.28. The average molecular weight is 170 g/mol. The predicted octanol–water partition coefficient (Wildman–Crippen LogP) is 2.37. The van der Waals surface area contributed by atoms with Gasteiger partial charge in [0.05, 0.1) is 5.92 Å². The van der Waals surface area contributed by atoms with E-state index in [0.717, 1.165) is 19.3 Å². The van der Waals surface area contributed by atoms with Crippen molar-refractivity contribution < 1.29 is 9.53 Å². The molecule has 0 aliphatic carbocycles. The maximum absolute atomic E-state index is 11.0. The molecule has 2 atom stereocenters. The second-order valence-electron chi connectivity index (χ2n) is 4.17. The first-order valence-electron chi connectivity index (χ1n) is 4.80. The van der Waals surface area contributed by atoms with Crippen LogP contribution in [0.25, 0.3) is 0 Å². The van der Waals surface area contributed by atoms with Crippen LogP contribution in [0.15, 0.2) is 0 Å². The van der Waals surface area contributed by atoms with Crippen molar-refractivity contribution in [2.45, 2.75) is 46.1 Å². The van der Waals surface area contributed by atoms with Crippen LogP contribution in [-0.4, -0.2) is 12.1 Å². The monoisotopic (exact) mass is 170 g/mol. The van der Waals surface area contributed by atoms with Gasteiger partial charge in [0.15, 0.2) is 0 Å². The van der Waals surface area contributed by atoms with Crippen LogP contribution in [0.4, 0.5) is 0 Å². The van der Waals surface area contributed by atoms with E-state index in [0.29, 0.717) is 5.92 Å². The lowest BCUT2D eigenvalue weighted by Crippen LogP contribution is -2.07. The molecule has 0 radical (unpaired) electrons. The Morgan fingerprint density at radius 2 is 2.25 bits per heavy atom. The van der Waals surface area contributed by atoms with Crippen LogP contribution in [0.5, 0.6) is 0 Å². The third-order valence-corrected chi connectivity index (χ3v) is 2.37. The summed E-state index contributed by atoms with van der Waals surface area (Å²) in [5.41, 5.74) is 0. The lowest BCUT2D eigenvalue weighted by atomic mass is 10.0. The van der Waals surface area contributed by atoms with Gasteiger partial charge in [-0.25, -0.2) is 0 Å². The Hall–Kier alpha value is -0.530. The van der Waals surface area contributed by atoms with E-state index in [9.17, 15) is 4.79 Å². The highest BCUT2D eigenvalue weighted by atomic mass is 16.5. The largest absolute Gasteiger partial charge is 0.462 e. The minimum Gasteiger partial charge on any atom is -0.462 e. The van der Waals surface area contributed by atoms with Gasteiger partial charge in [-0.15, -0.1) is 0 Å². The molecule has 2 heteroatoms. The first-order valence-corrected chi connectivity index (χ1v) is 4.80. The highest BCUT2D eigenvalue weighted by Gasteiger charge is 2.30. The SMILES string of the molecule is CC(C)CC[C@@H]1C[C@H](C)C(=O)O1. The number of cyclic esters (lactones) is 1. The van der Waals surface area contributed by atoms with Crippen molar-refractivity contribution in [2.24, 2.45) is 11.8 Å². The van der Waals surface area contributed by atoms with E-state index in [-0.39, 0.29) is 18.0 Å². The summed E-state index contributed by atoms with van der Waals surface area (Å²) in [6.07, 6.45) is 3.32. The van der Waals surface area contributed by atoms with Crippen LogP contribution < -0.4 is 0 Å². The summed E-state index contributed by atoms with van der Waals surface area (Å²) in [6, 6.07) is 0. The molecule has 2 nitrogen and oxygen atoms in total. The van der Waals surface area contributed by atoms with E-state index in [1.165, 1.54) is 0 Å². The number of hydrogen-bond acceptors (Lipinski definition) is 2. The van der Waals surface area contributed by atoms with E-state index in [2.05, 4.69) is 13.8 Å². The van der Waals surface area contributed by atoms with Gasteiger partial charge < -0.3 is 4.74 Å². The summed E-state index contributed by atoms with van der Waals surface area (Å²) in [5, 5.41) is 0. The van der Waals surface area contributed by atoms with Crippen LogP contribution in [0, 0.1) is 11.8 Å². The molecule has 0 spiro atoms. The first kappa shape index (κ1) is 9.56. The molecular formula is C10H18O2. The zero-order valence-electron chi connectivity index (χ0n) is 8.17. The minimum absolute atomic E-state index is 0.0104. The molecule has 1 heterocycles. The van der Waals surface area contributed by atoms with Gasteiger partial charge in [-0.3, -0.25) is 4.79 Å². The summed E-state index contributed by atoms with van der Waals surface area (Å²) in [6.45, 7) is 6.33. The Balaban J connectivity index is 2.23. The van der Waals surface area contributed by atoms with Gasteiger partial charge >= 0.3 is 5.97 Å². The fourth-order valence-corrected chi connectivity index (χ4v) is 1.52. The fraction of sp³-hybridized carbons (Fsp3) is 0.900. The molecule has 0 amide bonds. The van der Waals surface area contributed by atoms with E-state index in [1.54, 1.807) is 0 Å². The van der Waals surface area contributed by atoms with Gasteiger partial charge in [0.1, 0.15) is 6.10 Å². The lowest BCUT2D eigenvalue weighted by molar-refractivity contribution is -0.144. The van der Waals surface area contributed by atoms with Gasteiger partial charge in [-0.2, -0.15) is 0 Å². The molecule has 0 unspecified atom stereocenters. The highest BCUT2D eigenvalue weighted by molar-refractivity contribution is 5.74. The van der Waals surface area contributed by atoms with Crippen molar-refractivity contribution in [1.82, 2.24) is 0 Å². The third kappa shape index (κ3) is 2.50. The standard InChI is InChI=1S/C10H18O2/c1-7(2)4-5-9-6-8(3)10(11)12-9/h7-9H,4-6H2,1-3H3/t8-,9+/m0/s1. The molecule has 1 rings (SSSR count). The molecule has 0 N–H and O–H groups in total. The van der Waals surface area contributed by atoms with E-state index < -0.39 is 0 Å². The maximum atomic E-state index is 11.0. The Morgan fingerprint density at radius 1 is 1.58 bits per heavy atom. The summed E-state index contributed by atoms with van der Waals surface area (Å²) in [5.74, 6) is 0.825. The zero-order valence-corrected chi connectivity index (χ0v) is 8.17. The number of ether oxygens (including phenoxy) is 1. The molecule has 0 saturated carbocycles. The maximum Gasteiger partial charge on any atom is 0.309 e. The normalized spacial score (nSPS) is 29.5. The molecule has 0 aromatic heterocycles.